The van der Waals surface area contributed by atoms with Gasteiger partial charge >= 0.3 is 0 Å². The average Bonchev–Trinajstić information content (AvgIpc) is 2.81. The van der Waals surface area contributed by atoms with E-state index in [4.69, 9.17) is 4.52 Å². The van der Waals surface area contributed by atoms with Crippen molar-refractivity contribution >= 4 is 23.3 Å². The van der Waals surface area contributed by atoms with Gasteiger partial charge in [-0.1, -0.05) is 22.9 Å². The van der Waals surface area contributed by atoms with E-state index in [9.17, 15) is 9.59 Å². The molecule has 6 heteroatoms. The Morgan fingerprint density at radius 2 is 1.74 bits per heavy atom. The molecule has 0 aliphatic carbocycles. The zero-order valence-electron chi connectivity index (χ0n) is 14.1. The number of rotatable bonds is 4. The Labute approximate surface area is 135 Å². The summed E-state index contributed by atoms with van der Waals surface area (Å²) in [5.74, 6) is 0.432. The maximum absolute atomic E-state index is 12.2. The minimum absolute atomic E-state index is 0.0774. The van der Waals surface area contributed by atoms with E-state index in [1.807, 2.05) is 32.9 Å². The molecular weight excluding hydrogens is 294 g/mol. The fraction of sp³-hybridized carbons (Fsp3) is 0.353. The second-order valence-corrected chi connectivity index (χ2v) is 5.72. The molecule has 122 valence electrons. The largest absolute Gasteiger partial charge is 0.360 e. The fourth-order valence-corrected chi connectivity index (χ4v) is 2.70. The van der Waals surface area contributed by atoms with E-state index in [0.717, 1.165) is 22.4 Å². The summed E-state index contributed by atoms with van der Waals surface area (Å²) >= 11 is 0. The highest BCUT2D eigenvalue weighted by molar-refractivity contribution is 6.02. The number of nitrogens with one attached hydrogen (secondary N) is 1. The summed E-state index contributed by atoms with van der Waals surface area (Å²) in [6, 6.07) is 5.62. The van der Waals surface area contributed by atoms with Gasteiger partial charge < -0.3 is 14.7 Å². The minimum atomic E-state index is -0.326. The molecule has 2 amide bonds. The van der Waals surface area contributed by atoms with Crippen molar-refractivity contribution in [3.63, 3.8) is 0 Å². The van der Waals surface area contributed by atoms with Crippen LogP contribution >= 0.6 is 0 Å². The van der Waals surface area contributed by atoms with E-state index in [0.29, 0.717) is 11.6 Å². The van der Waals surface area contributed by atoms with Crippen molar-refractivity contribution in [3.8, 4) is 0 Å². The molecule has 0 atom stereocenters. The summed E-state index contributed by atoms with van der Waals surface area (Å²) in [5, 5.41) is 6.35. The first kappa shape index (κ1) is 16.7. The Morgan fingerprint density at radius 3 is 2.22 bits per heavy atom. The first-order valence-corrected chi connectivity index (χ1v) is 7.37. The van der Waals surface area contributed by atoms with Gasteiger partial charge in [0.05, 0.1) is 5.69 Å². The van der Waals surface area contributed by atoms with Crippen LogP contribution in [0.5, 0.6) is 0 Å². The number of hydrogen-bond acceptors (Lipinski definition) is 4. The van der Waals surface area contributed by atoms with Gasteiger partial charge in [-0.05, 0) is 38.8 Å². The predicted octanol–water partition coefficient (Wildman–Crippen LogP) is 2.90. The molecule has 1 aromatic carbocycles. The molecule has 1 aromatic heterocycles. The van der Waals surface area contributed by atoms with Crippen LogP contribution in [0.25, 0.3) is 0 Å². The van der Waals surface area contributed by atoms with Crippen LogP contribution in [0.1, 0.15) is 29.4 Å². The van der Waals surface area contributed by atoms with Gasteiger partial charge in [0, 0.05) is 13.0 Å². The van der Waals surface area contributed by atoms with Gasteiger partial charge in [-0.15, -0.1) is 0 Å². The molecule has 1 N–H and O–H groups in total. The molecule has 1 heterocycles. The van der Waals surface area contributed by atoms with Crippen LogP contribution in [0.15, 0.2) is 22.7 Å². The quantitative estimate of drug-likeness (QED) is 0.941. The highest BCUT2D eigenvalue weighted by Gasteiger charge is 2.20. The molecule has 0 aliphatic heterocycles. The standard InChI is InChI=1S/C17H21N3O3/c1-10-6-11(2)17(12(3)7-10)20(14(5)21)9-16(22)18-15-8-13(4)23-19-15/h6-8H,9H2,1-5H3,(H,18,19,22). The van der Waals surface area contributed by atoms with Crippen molar-refractivity contribution in [2.24, 2.45) is 0 Å². The van der Waals surface area contributed by atoms with Gasteiger partial charge in [0.1, 0.15) is 12.3 Å². The van der Waals surface area contributed by atoms with Crippen molar-refractivity contribution in [1.29, 1.82) is 0 Å². The van der Waals surface area contributed by atoms with Crippen LogP contribution in [0.2, 0.25) is 0 Å². The molecule has 2 aromatic rings. The number of hydrogen-bond donors (Lipinski definition) is 1. The van der Waals surface area contributed by atoms with Crippen LogP contribution in [0.3, 0.4) is 0 Å². The van der Waals surface area contributed by atoms with Crippen LogP contribution < -0.4 is 10.2 Å². The smallest absolute Gasteiger partial charge is 0.245 e. The van der Waals surface area contributed by atoms with E-state index in [-0.39, 0.29) is 18.4 Å². The molecule has 0 bridgehead atoms. The van der Waals surface area contributed by atoms with Crippen LogP contribution in [0.4, 0.5) is 11.5 Å². The predicted molar refractivity (Wildman–Crippen MR) is 88.5 cm³/mol. The third kappa shape index (κ3) is 3.97. The van der Waals surface area contributed by atoms with Crippen LogP contribution in [-0.2, 0) is 9.59 Å². The third-order valence-corrected chi connectivity index (χ3v) is 3.48. The van der Waals surface area contributed by atoms with Gasteiger partial charge in [-0.25, -0.2) is 0 Å². The van der Waals surface area contributed by atoms with Gasteiger partial charge in [-0.2, -0.15) is 0 Å². The second-order valence-electron chi connectivity index (χ2n) is 5.72. The summed E-state index contributed by atoms with van der Waals surface area (Å²) in [6.07, 6.45) is 0. The first-order valence-electron chi connectivity index (χ1n) is 7.37. The van der Waals surface area contributed by atoms with Crippen LogP contribution in [-0.4, -0.2) is 23.5 Å². The first-order chi connectivity index (χ1) is 10.8. The normalized spacial score (nSPS) is 10.5. The zero-order chi connectivity index (χ0) is 17.1. The average molecular weight is 315 g/mol. The summed E-state index contributed by atoms with van der Waals surface area (Å²) < 4.78 is 4.91. The summed E-state index contributed by atoms with van der Waals surface area (Å²) in [5.41, 5.74) is 3.81. The van der Waals surface area contributed by atoms with Crippen molar-refractivity contribution in [2.75, 3.05) is 16.8 Å². The zero-order valence-corrected chi connectivity index (χ0v) is 14.1. The number of benzene rings is 1. The molecule has 0 radical (unpaired) electrons. The van der Waals surface area contributed by atoms with Crippen molar-refractivity contribution < 1.29 is 14.1 Å². The Kier molecular flexibility index (Phi) is 4.83. The number of carbonyl (C=O) groups excluding carboxylic acids is 2. The lowest BCUT2D eigenvalue weighted by molar-refractivity contribution is -0.120. The molecular formula is C17H21N3O3. The lowest BCUT2D eigenvalue weighted by atomic mass is 10.0. The van der Waals surface area contributed by atoms with Gasteiger partial charge in [0.2, 0.25) is 11.8 Å². The molecule has 0 saturated carbocycles. The lowest BCUT2D eigenvalue weighted by Gasteiger charge is -2.24. The van der Waals surface area contributed by atoms with E-state index in [1.165, 1.54) is 11.8 Å². The summed E-state index contributed by atoms with van der Waals surface area (Å²) in [7, 11) is 0. The number of carbonyl (C=O) groups is 2. The van der Waals surface area contributed by atoms with Crippen molar-refractivity contribution in [1.82, 2.24) is 5.16 Å². The van der Waals surface area contributed by atoms with E-state index in [2.05, 4.69) is 10.5 Å². The lowest BCUT2D eigenvalue weighted by Crippen LogP contribution is -2.37. The van der Waals surface area contributed by atoms with E-state index < -0.39 is 0 Å². The number of amides is 2. The molecule has 2 rings (SSSR count). The van der Waals surface area contributed by atoms with E-state index in [1.54, 1.807) is 13.0 Å². The maximum Gasteiger partial charge on any atom is 0.245 e. The Hall–Kier alpha value is -2.63. The van der Waals surface area contributed by atoms with Crippen molar-refractivity contribution in [2.45, 2.75) is 34.6 Å². The topological polar surface area (TPSA) is 75.4 Å². The Morgan fingerprint density at radius 1 is 1.13 bits per heavy atom. The molecule has 0 aliphatic rings. The summed E-state index contributed by atoms with van der Waals surface area (Å²) in [4.78, 5) is 25.7. The molecule has 0 unspecified atom stereocenters. The highest BCUT2D eigenvalue weighted by atomic mass is 16.5. The summed E-state index contributed by atoms with van der Waals surface area (Å²) in [6.45, 7) is 8.98. The third-order valence-electron chi connectivity index (χ3n) is 3.48. The number of aromatic nitrogens is 1. The fourth-order valence-electron chi connectivity index (χ4n) is 2.70. The molecule has 6 nitrogen and oxygen atoms in total. The number of anilines is 2. The van der Waals surface area contributed by atoms with Gasteiger partial charge in [0.15, 0.2) is 5.82 Å². The van der Waals surface area contributed by atoms with Gasteiger partial charge in [-0.3, -0.25) is 9.59 Å². The minimum Gasteiger partial charge on any atom is -0.360 e. The highest BCUT2D eigenvalue weighted by Crippen LogP contribution is 2.26. The second kappa shape index (κ2) is 6.64. The Balaban J connectivity index is 2.23. The van der Waals surface area contributed by atoms with E-state index >= 15 is 0 Å². The SMILES string of the molecule is CC(=O)N(CC(=O)Nc1cc(C)on1)c1c(C)cc(C)cc1C. The van der Waals surface area contributed by atoms with Gasteiger partial charge in [0.25, 0.3) is 0 Å². The molecule has 0 fully saturated rings. The number of aryl methyl sites for hydroxylation is 4. The molecule has 23 heavy (non-hydrogen) atoms. The monoisotopic (exact) mass is 315 g/mol. The number of nitrogens with zero attached hydrogens (tertiary/aromatic N) is 2. The maximum atomic E-state index is 12.2. The molecule has 0 spiro atoms. The molecule has 0 saturated heterocycles. The van der Waals surface area contributed by atoms with Crippen LogP contribution in [0, 0.1) is 27.7 Å². The van der Waals surface area contributed by atoms with Crippen molar-refractivity contribution in [3.05, 3.63) is 40.6 Å². The Bertz CT molecular complexity index is 726.